The van der Waals surface area contributed by atoms with Gasteiger partial charge >= 0.3 is 0 Å². The zero-order valence-corrected chi connectivity index (χ0v) is 17.8. The molecule has 0 aliphatic rings. The molecule has 9 heteroatoms. The zero-order chi connectivity index (χ0) is 22.3. The SMILES string of the molecule is Nn1c(Cc2ccccc2F)nnc1SCC(=O)Nc1ccc(Oc2ccccc2)cc1. The van der Waals surface area contributed by atoms with E-state index in [2.05, 4.69) is 15.5 Å². The van der Waals surface area contributed by atoms with Gasteiger partial charge < -0.3 is 15.9 Å². The number of carbonyl (C=O) groups excluding carboxylic acids is 1. The molecule has 32 heavy (non-hydrogen) atoms. The van der Waals surface area contributed by atoms with Crippen molar-refractivity contribution in [2.45, 2.75) is 11.6 Å². The number of nitrogens with one attached hydrogen (secondary N) is 1. The van der Waals surface area contributed by atoms with Gasteiger partial charge in [0.25, 0.3) is 0 Å². The maximum absolute atomic E-state index is 13.8. The molecule has 0 saturated heterocycles. The van der Waals surface area contributed by atoms with Gasteiger partial charge in [0, 0.05) is 12.1 Å². The summed E-state index contributed by atoms with van der Waals surface area (Å²) in [5.41, 5.74) is 1.12. The molecule has 1 aromatic heterocycles. The number of ether oxygens (including phenoxy) is 1. The number of halogens is 1. The number of hydrogen-bond donors (Lipinski definition) is 2. The van der Waals surface area contributed by atoms with Crippen LogP contribution < -0.4 is 15.9 Å². The molecule has 1 amide bonds. The molecule has 0 bridgehead atoms. The predicted octanol–water partition coefficient (Wildman–Crippen LogP) is 4.24. The van der Waals surface area contributed by atoms with Crippen LogP contribution in [0.1, 0.15) is 11.4 Å². The summed E-state index contributed by atoms with van der Waals surface area (Å²) in [6.45, 7) is 0. The zero-order valence-electron chi connectivity index (χ0n) is 16.9. The molecule has 4 aromatic rings. The highest BCUT2D eigenvalue weighted by molar-refractivity contribution is 7.99. The summed E-state index contributed by atoms with van der Waals surface area (Å²) in [4.78, 5) is 12.3. The Morgan fingerprint density at radius 1 is 0.969 bits per heavy atom. The van der Waals surface area contributed by atoms with Crippen molar-refractivity contribution in [3.63, 3.8) is 0 Å². The van der Waals surface area contributed by atoms with Crippen molar-refractivity contribution in [1.82, 2.24) is 14.9 Å². The topological polar surface area (TPSA) is 95.1 Å². The fourth-order valence-electron chi connectivity index (χ4n) is 2.90. The lowest BCUT2D eigenvalue weighted by molar-refractivity contribution is -0.113. The number of nitrogen functional groups attached to an aromatic ring is 1. The fourth-order valence-corrected chi connectivity index (χ4v) is 3.57. The van der Waals surface area contributed by atoms with Crippen molar-refractivity contribution in [3.05, 3.63) is 96.1 Å². The van der Waals surface area contributed by atoms with Crippen molar-refractivity contribution in [2.24, 2.45) is 0 Å². The van der Waals surface area contributed by atoms with Crippen molar-refractivity contribution < 1.29 is 13.9 Å². The van der Waals surface area contributed by atoms with Crippen LogP contribution in [0, 0.1) is 5.82 Å². The van der Waals surface area contributed by atoms with Crippen LogP contribution >= 0.6 is 11.8 Å². The highest BCUT2D eigenvalue weighted by Crippen LogP contribution is 2.23. The van der Waals surface area contributed by atoms with Gasteiger partial charge in [0.1, 0.15) is 17.3 Å². The lowest BCUT2D eigenvalue weighted by Crippen LogP contribution is -2.17. The number of benzene rings is 3. The van der Waals surface area contributed by atoms with Crippen molar-refractivity contribution in [1.29, 1.82) is 0 Å². The molecule has 0 spiro atoms. The van der Waals surface area contributed by atoms with Crippen molar-refractivity contribution in [2.75, 3.05) is 16.9 Å². The molecule has 7 nitrogen and oxygen atoms in total. The first-order chi connectivity index (χ1) is 15.6. The Balaban J connectivity index is 1.29. The molecule has 0 radical (unpaired) electrons. The molecule has 0 atom stereocenters. The third kappa shape index (κ3) is 5.44. The molecule has 0 fully saturated rings. The van der Waals surface area contributed by atoms with E-state index in [9.17, 15) is 9.18 Å². The molecule has 3 N–H and O–H groups in total. The number of anilines is 1. The van der Waals surface area contributed by atoms with Gasteiger partial charge in [-0.15, -0.1) is 10.2 Å². The van der Waals surface area contributed by atoms with Gasteiger partial charge in [0.15, 0.2) is 5.82 Å². The first-order valence-corrected chi connectivity index (χ1v) is 10.8. The molecule has 4 rings (SSSR count). The minimum absolute atomic E-state index is 0.0945. The van der Waals surface area contributed by atoms with Gasteiger partial charge in [-0.25, -0.2) is 9.07 Å². The standard InChI is InChI=1S/C23H20FN5O2S/c24-20-9-5-4-6-16(20)14-21-27-28-23(29(21)25)32-15-22(30)26-17-10-12-19(13-11-17)31-18-7-2-1-3-8-18/h1-13H,14-15,25H2,(H,26,30). The summed E-state index contributed by atoms with van der Waals surface area (Å²) in [5.74, 6) is 7.39. The highest BCUT2D eigenvalue weighted by atomic mass is 32.2. The summed E-state index contributed by atoms with van der Waals surface area (Å²) in [5, 5.41) is 11.2. The summed E-state index contributed by atoms with van der Waals surface area (Å²) in [7, 11) is 0. The summed E-state index contributed by atoms with van der Waals surface area (Å²) >= 11 is 1.15. The summed E-state index contributed by atoms with van der Waals surface area (Å²) in [6, 6.07) is 22.9. The molecule has 0 aliphatic carbocycles. The van der Waals surface area contributed by atoms with E-state index in [1.165, 1.54) is 10.7 Å². The van der Waals surface area contributed by atoms with E-state index in [1.807, 2.05) is 30.3 Å². The van der Waals surface area contributed by atoms with Gasteiger partial charge in [-0.1, -0.05) is 48.2 Å². The lowest BCUT2D eigenvalue weighted by atomic mass is 10.1. The number of hydrogen-bond acceptors (Lipinski definition) is 6. The first kappa shape index (κ1) is 21.4. The number of carbonyl (C=O) groups is 1. The Labute approximate surface area is 188 Å². The van der Waals surface area contributed by atoms with Crippen LogP contribution in [0.25, 0.3) is 0 Å². The maximum Gasteiger partial charge on any atom is 0.234 e. The van der Waals surface area contributed by atoms with E-state index in [1.54, 1.807) is 42.5 Å². The molecule has 162 valence electrons. The van der Waals surface area contributed by atoms with E-state index < -0.39 is 0 Å². The van der Waals surface area contributed by atoms with Gasteiger partial charge in [-0.2, -0.15) is 0 Å². The van der Waals surface area contributed by atoms with Crippen LogP contribution in [0.15, 0.2) is 84.0 Å². The van der Waals surface area contributed by atoms with E-state index in [0.29, 0.717) is 28.0 Å². The number of nitrogens with zero attached hydrogens (tertiary/aromatic N) is 3. The van der Waals surface area contributed by atoms with Crippen LogP contribution in [0.5, 0.6) is 11.5 Å². The molecule has 0 aliphatic heterocycles. The Morgan fingerprint density at radius 2 is 1.66 bits per heavy atom. The van der Waals surface area contributed by atoms with Crippen molar-refractivity contribution in [3.8, 4) is 11.5 Å². The van der Waals surface area contributed by atoms with Gasteiger partial charge in [0.05, 0.1) is 5.75 Å². The second-order valence-electron chi connectivity index (χ2n) is 6.81. The van der Waals surface area contributed by atoms with Crippen LogP contribution in [-0.4, -0.2) is 26.5 Å². The minimum Gasteiger partial charge on any atom is -0.457 e. The van der Waals surface area contributed by atoms with Crippen LogP contribution in [0.4, 0.5) is 10.1 Å². The van der Waals surface area contributed by atoms with E-state index in [-0.39, 0.29) is 23.9 Å². The van der Waals surface area contributed by atoms with Crippen molar-refractivity contribution >= 4 is 23.4 Å². The molecule has 1 heterocycles. The van der Waals surface area contributed by atoms with Crippen LogP contribution in [0.2, 0.25) is 0 Å². The average Bonchev–Trinajstić information content (AvgIpc) is 3.15. The number of nitrogens with two attached hydrogens (primary N) is 1. The number of aromatic nitrogens is 3. The second-order valence-corrected chi connectivity index (χ2v) is 7.76. The van der Waals surface area contributed by atoms with E-state index in [4.69, 9.17) is 10.6 Å². The van der Waals surface area contributed by atoms with E-state index >= 15 is 0 Å². The third-order valence-electron chi connectivity index (χ3n) is 4.49. The second kappa shape index (κ2) is 9.97. The van der Waals surface area contributed by atoms with Gasteiger partial charge in [-0.3, -0.25) is 4.79 Å². The first-order valence-electron chi connectivity index (χ1n) is 9.77. The fraction of sp³-hybridized carbons (Fsp3) is 0.0870. The largest absolute Gasteiger partial charge is 0.457 e. The minimum atomic E-state index is -0.329. The lowest BCUT2D eigenvalue weighted by Gasteiger charge is -2.08. The Bertz CT molecular complexity index is 1200. The number of para-hydroxylation sites is 1. The van der Waals surface area contributed by atoms with E-state index in [0.717, 1.165) is 17.5 Å². The summed E-state index contributed by atoms with van der Waals surface area (Å²) < 4.78 is 20.9. The van der Waals surface area contributed by atoms with Gasteiger partial charge in [0.2, 0.25) is 11.1 Å². The quantitative estimate of drug-likeness (QED) is 0.309. The summed E-state index contributed by atoms with van der Waals surface area (Å²) in [6.07, 6.45) is 0.209. The monoisotopic (exact) mass is 449 g/mol. The molecule has 0 saturated carbocycles. The smallest absolute Gasteiger partial charge is 0.234 e. The Hall–Kier alpha value is -3.85. The molecule has 0 unspecified atom stereocenters. The normalized spacial score (nSPS) is 10.7. The Morgan fingerprint density at radius 3 is 2.41 bits per heavy atom. The average molecular weight is 450 g/mol. The number of rotatable bonds is 8. The molecule has 3 aromatic carbocycles. The number of amides is 1. The van der Waals surface area contributed by atoms with Crippen LogP contribution in [0.3, 0.4) is 0 Å². The maximum atomic E-state index is 13.8. The van der Waals surface area contributed by atoms with Crippen LogP contribution in [-0.2, 0) is 11.2 Å². The number of thioether (sulfide) groups is 1. The third-order valence-corrected chi connectivity index (χ3v) is 5.43. The highest BCUT2D eigenvalue weighted by Gasteiger charge is 2.14. The molecular weight excluding hydrogens is 429 g/mol. The van der Waals surface area contributed by atoms with Gasteiger partial charge in [-0.05, 0) is 48.0 Å². The Kier molecular flexibility index (Phi) is 6.66. The molecular formula is C23H20FN5O2S. The predicted molar refractivity (Wildman–Crippen MR) is 122 cm³/mol.